The van der Waals surface area contributed by atoms with Crippen molar-refractivity contribution < 1.29 is 9.59 Å². The van der Waals surface area contributed by atoms with Crippen LogP contribution in [0.25, 0.3) is 0 Å². The maximum absolute atomic E-state index is 13.2. The van der Waals surface area contributed by atoms with Crippen LogP contribution in [0.1, 0.15) is 68.5 Å². The first-order chi connectivity index (χ1) is 12.1. The maximum Gasteiger partial charge on any atom is 0.247 e. The number of hydrogen-bond donors (Lipinski definition) is 1. The molecule has 0 bridgehead atoms. The smallest absolute Gasteiger partial charge is 0.247 e. The van der Waals surface area contributed by atoms with Crippen molar-refractivity contribution in [1.82, 2.24) is 10.2 Å². The van der Waals surface area contributed by atoms with Crippen LogP contribution in [0.5, 0.6) is 0 Å². The summed E-state index contributed by atoms with van der Waals surface area (Å²) in [5, 5.41) is 3.25. The average molecular weight is 340 g/mol. The largest absolute Gasteiger partial charge is 0.351 e. The number of rotatable bonds is 4. The van der Waals surface area contributed by atoms with Gasteiger partial charge in [0, 0.05) is 12.1 Å². The van der Waals surface area contributed by atoms with E-state index in [-0.39, 0.29) is 29.8 Å². The summed E-state index contributed by atoms with van der Waals surface area (Å²) in [7, 11) is 0. The van der Waals surface area contributed by atoms with E-state index in [0.717, 1.165) is 37.7 Å². The van der Waals surface area contributed by atoms with Crippen LogP contribution in [0.3, 0.4) is 0 Å². The fourth-order valence-electron chi connectivity index (χ4n) is 4.87. The Balaban J connectivity index is 1.58. The number of β-lactam (4-membered cyclic amide) rings is 1. The monoisotopic (exact) mass is 340 g/mol. The van der Waals surface area contributed by atoms with Crippen LogP contribution >= 0.6 is 0 Å². The Bertz CT molecular complexity index is 648. The summed E-state index contributed by atoms with van der Waals surface area (Å²) in [6.45, 7) is 2.04. The first kappa shape index (κ1) is 16.6. The van der Waals surface area contributed by atoms with E-state index in [2.05, 4.69) is 5.32 Å². The van der Waals surface area contributed by atoms with Gasteiger partial charge in [-0.3, -0.25) is 9.59 Å². The van der Waals surface area contributed by atoms with Crippen molar-refractivity contribution in [2.45, 2.75) is 76.4 Å². The number of amides is 2. The molecule has 3 fully saturated rings. The molecule has 1 heterocycles. The summed E-state index contributed by atoms with van der Waals surface area (Å²) in [5.41, 5.74) is 2.11. The standard InChI is InChI=1S/C21H28N2O2/c1-14-10-12-15(13-11-14)19(20(24)22-16-6-3-2-4-7-16)23-18-9-5-8-17(18)21(23)25/h10-13,16-19H,2-9H2,1H3,(H,22,24)/t17-,18+,19?/m1/s1. The van der Waals surface area contributed by atoms with E-state index >= 15 is 0 Å². The molecule has 0 aromatic heterocycles. The molecule has 1 N–H and O–H groups in total. The van der Waals surface area contributed by atoms with Gasteiger partial charge in [-0.15, -0.1) is 0 Å². The van der Waals surface area contributed by atoms with Crippen molar-refractivity contribution in [1.29, 1.82) is 0 Å². The lowest BCUT2D eigenvalue weighted by molar-refractivity contribution is -0.163. The van der Waals surface area contributed by atoms with Crippen molar-refractivity contribution in [2.75, 3.05) is 0 Å². The zero-order chi connectivity index (χ0) is 17.4. The second-order valence-electron chi connectivity index (χ2n) is 8.01. The van der Waals surface area contributed by atoms with Crippen molar-refractivity contribution in [3.63, 3.8) is 0 Å². The molecular formula is C21H28N2O2. The van der Waals surface area contributed by atoms with Gasteiger partial charge in [0.15, 0.2) is 0 Å². The van der Waals surface area contributed by atoms with Gasteiger partial charge in [-0.25, -0.2) is 0 Å². The van der Waals surface area contributed by atoms with Gasteiger partial charge in [-0.1, -0.05) is 55.5 Å². The Kier molecular flexibility index (Phi) is 4.53. The van der Waals surface area contributed by atoms with Gasteiger partial charge >= 0.3 is 0 Å². The molecule has 3 atom stereocenters. The summed E-state index contributed by atoms with van der Waals surface area (Å²) in [6.07, 6.45) is 8.89. The van der Waals surface area contributed by atoms with Crippen molar-refractivity contribution in [3.05, 3.63) is 35.4 Å². The molecule has 2 saturated carbocycles. The van der Waals surface area contributed by atoms with Gasteiger partial charge in [0.1, 0.15) is 6.04 Å². The number of aryl methyl sites for hydroxylation is 1. The Labute approximate surface area is 150 Å². The van der Waals surface area contributed by atoms with Crippen molar-refractivity contribution in [2.24, 2.45) is 5.92 Å². The molecule has 2 aliphatic carbocycles. The van der Waals surface area contributed by atoms with E-state index in [1.165, 1.54) is 24.8 Å². The number of carbonyl (C=O) groups excluding carboxylic acids is 2. The third-order valence-electron chi connectivity index (χ3n) is 6.28. The summed E-state index contributed by atoms with van der Waals surface area (Å²) >= 11 is 0. The zero-order valence-electron chi connectivity index (χ0n) is 15.0. The first-order valence-corrected chi connectivity index (χ1v) is 9.84. The molecule has 4 nitrogen and oxygen atoms in total. The SMILES string of the molecule is Cc1ccc(C(C(=O)NC2CCCCC2)N2C(=O)[C@@H]3CCC[C@@H]32)cc1. The van der Waals surface area contributed by atoms with E-state index < -0.39 is 6.04 Å². The Morgan fingerprint density at radius 2 is 1.76 bits per heavy atom. The number of hydrogen-bond acceptors (Lipinski definition) is 2. The van der Waals surface area contributed by atoms with E-state index in [1.807, 2.05) is 36.1 Å². The maximum atomic E-state index is 13.2. The molecule has 1 unspecified atom stereocenters. The molecule has 1 aromatic rings. The predicted octanol–water partition coefficient (Wildman–Crippen LogP) is 3.50. The molecular weight excluding hydrogens is 312 g/mol. The van der Waals surface area contributed by atoms with Crippen molar-refractivity contribution >= 4 is 11.8 Å². The van der Waals surface area contributed by atoms with Crippen LogP contribution in [0.4, 0.5) is 0 Å². The molecule has 1 aromatic carbocycles. The van der Waals surface area contributed by atoms with Gasteiger partial charge < -0.3 is 10.2 Å². The minimum Gasteiger partial charge on any atom is -0.351 e. The number of nitrogens with one attached hydrogen (secondary N) is 1. The highest BCUT2D eigenvalue weighted by Crippen LogP contribution is 2.45. The van der Waals surface area contributed by atoms with E-state index in [4.69, 9.17) is 0 Å². The van der Waals surface area contributed by atoms with Crippen molar-refractivity contribution in [3.8, 4) is 0 Å². The van der Waals surface area contributed by atoms with E-state index in [9.17, 15) is 9.59 Å². The first-order valence-electron chi connectivity index (χ1n) is 9.84. The fourth-order valence-corrected chi connectivity index (χ4v) is 4.87. The number of fused-ring (bicyclic) bond motifs is 1. The molecule has 134 valence electrons. The third-order valence-corrected chi connectivity index (χ3v) is 6.28. The second-order valence-corrected chi connectivity index (χ2v) is 8.01. The minimum atomic E-state index is -0.464. The summed E-state index contributed by atoms with van der Waals surface area (Å²) in [4.78, 5) is 27.7. The topological polar surface area (TPSA) is 49.4 Å². The quantitative estimate of drug-likeness (QED) is 0.853. The van der Waals surface area contributed by atoms with Crippen LogP contribution in [0.2, 0.25) is 0 Å². The highest BCUT2D eigenvalue weighted by molar-refractivity contribution is 5.94. The van der Waals surface area contributed by atoms with Gasteiger partial charge in [-0.2, -0.15) is 0 Å². The van der Waals surface area contributed by atoms with Gasteiger partial charge in [-0.05, 0) is 38.2 Å². The lowest BCUT2D eigenvalue weighted by Gasteiger charge is -2.48. The summed E-state index contributed by atoms with van der Waals surface area (Å²) in [6, 6.07) is 8.15. The Hall–Kier alpha value is -1.84. The molecule has 0 radical (unpaired) electrons. The molecule has 4 rings (SSSR count). The molecule has 0 spiro atoms. The summed E-state index contributed by atoms with van der Waals surface area (Å²) in [5.74, 6) is 0.344. The second kappa shape index (κ2) is 6.81. The lowest BCUT2D eigenvalue weighted by Crippen LogP contribution is -2.62. The highest BCUT2D eigenvalue weighted by Gasteiger charge is 2.54. The van der Waals surface area contributed by atoms with Gasteiger partial charge in [0.2, 0.25) is 11.8 Å². The number of carbonyl (C=O) groups is 2. The molecule has 25 heavy (non-hydrogen) atoms. The normalized spacial score (nSPS) is 27.6. The van der Waals surface area contributed by atoms with Crippen LogP contribution in [0, 0.1) is 12.8 Å². The molecule has 4 heteroatoms. The number of likely N-dealkylation sites (tertiary alicyclic amines) is 1. The van der Waals surface area contributed by atoms with Gasteiger partial charge in [0.25, 0.3) is 0 Å². The number of benzene rings is 1. The third kappa shape index (κ3) is 3.07. The van der Waals surface area contributed by atoms with Crippen LogP contribution in [0.15, 0.2) is 24.3 Å². The Morgan fingerprint density at radius 1 is 1.04 bits per heavy atom. The van der Waals surface area contributed by atoms with Crippen LogP contribution in [-0.4, -0.2) is 28.8 Å². The number of nitrogens with zero attached hydrogens (tertiary/aromatic N) is 1. The van der Waals surface area contributed by atoms with Gasteiger partial charge in [0.05, 0.1) is 5.92 Å². The molecule has 2 amide bonds. The average Bonchev–Trinajstić information content (AvgIpc) is 3.05. The Morgan fingerprint density at radius 3 is 2.48 bits per heavy atom. The molecule has 1 saturated heterocycles. The van der Waals surface area contributed by atoms with Crippen LogP contribution in [-0.2, 0) is 9.59 Å². The van der Waals surface area contributed by atoms with E-state index in [1.54, 1.807) is 0 Å². The molecule has 1 aliphatic heterocycles. The fraction of sp³-hybridized carbons (Fsp3) is 0.619. The van der Waals surface area contributed by atoms with E-state index in [0.29, 0.717) is 0 Å². The highest BCUT2D eigenvalue weighted by atomic mass is 16.2. The minimum absolute atomic E-state index is 0.00875. The molecule has 3 aliphatic rings. The van der Waals surface area contributed by atoms with Crippen LogP contribution < -0.4 is 5.32 Å². The predicted molar refractivity (Wildman–Crippen MR) is 96.9 cm³/mol. The zero-order valence-corrected chi connectivity index (χ0v) is 15.0. The lowest BCUT2D eigenvalue weighted by atomic mass is 9.86. The summed E-state index contributed by atoms with van der Waals surface area (Å²) < 4.78 is 0.